The lowest BCUT2D eigenvalue weighted by atomic mass is 10.1. The Bertz CT molecular complexity index is 699. The largest absolute Gasteiger partial charge is 0.351 e. The van der Waals surface area contributed by atoms with Crippen LogP contribution in [0.3, 0.4) is 0 Å². The summed E-state index contributed by atoms with van der Waals surface area (Å²) in [6, 6.07) is 8.81. The maximum Gasteiger partial charge on any atom is 0.318 e. The molecule has 0 aliphatic rings. The van der Waals surface area contributed by atoms with Gasteiger partial charge in [-0.05, 0) is 5.92 Å². The minimum atomic E-state index is -0.857. The molecule has 0 saturated heterocycles. The normalized spacial score (nSPS) is 12.2. The first-order valence-corrected chi connectivity index (χ1v) is 8.00. The number of carbonyl (C=O) groups is 2. The third kappa shape index (κ3) is 4.10. The first-order chi connectivity index (χ1) is 10.9. The molecule has 0 aliphatic heterocycles. The molecule has 1 aromatic heterocycles. The maximum atomic E-state index is 12.1. The summed E-state index contributed by atoms with van der Waals surface area (Å²) in [6.07, 6.45) is 0. The van der Waals surface area contributed by atoms with Gasteiger partial charge < -0.3 is 10.3 Å². The number of amides is 3. The van der Waals surface area contributed by atoms with Crippen molar-refractivity contribution in [2.24, 2.45) is 18.7 Å². The van der Waals surface area contributed by atoms with Gasteiger partial charge in [-0.25, -0.2) is 4.79 Å². The number of carbonyl (C=O) groups excluding carboxylic acids is 2. The number of benzene rings is 1. The van der Waals surface area contributed by atoms with Crippen molar-refractivity contribution in [1.29, 1.82) is 0 Å². The zero-order valence-electron chi connectivity index (χ0n) is 13.2. The van der Waals surface area contributed by atoms with Gasteiger partial charge in [0.2, 0.25) is 5.91 Å². The first kappa shape index (κ1) is 17.0. The molecule has 0 unspecified atom stereocenters. The molecule has 0 spiro atoms. The van der Waals surface area contributed by atoms with Gasteiger partial charge in [-0.15, -0.1) is 10.2 Å². The second-order valence-electron chi connectivity index (χ2n) is 5.37. The maximum absolute atomic E-state index is 12.1. The summed E-state index contributed by atoms with van der Waals surface area (Å²) in [4.78, 5) is 23.0. The van der Waals surface area contributed by atoms with Crippen LogP contribution in [0.25, 0.3) is 11.4 Å². The molecule has 23 heavy (non-hydrogen) atoms. The van der Waals surface area contributed by atoms with E-state index in [1.54, 1.807) is 0 Å². The molecule has 1 aromatic carbocycles. The monoisotopic (exact) mass is 333 g/mol. The number of nitrogens with zero attached hydrogens (tertiary/aromatic N) is 3. The molecule has 0 aliphatic carbocycles. The highest BCUT2D eigenvalue weighted by atomic mass is 32.2. The molecule has 0 saturated carbocycles. The number of urea groups is 1. The van der Waals surface area contributed by atoms with Crippen molar-refractivity contribution in [2.45, 2.75) is 24.3 Å². The quantitative estimate of drug-likeness (QED) is 0.812. The van der Waals surface area contributed by atoms with Gasteiger partial charge >= 0.3 is 6.03 Å². The average Bonchev–Trinajstić information content (AvgIpc) is 2.85. The van der Waals surface area contributed by atoms with Gasteiger partial charge in [0.15, 0.2) is 11.0 Å². The van der Waals surface area contributed by atoms with E-state index < -0.39 is 17.2 Å². The Labute approximate surface area is 138 Å². The molecule has 8 heteroatoms. The summed E-state index contributed by atoms with van der Waals surface area (Å²) in [5.74, 6) is 0.281. The average molecular weight is 333 g/mol. The number of imide groups is 1. The predicted molar refractivity (Wildman–Crippen MR) is 88.6 cm³/mol. The van der Waals surface area contributed by atoms with E-state index in [2.05, 4.69) is 15.5 Å². The van der Waals surface area contributed by atoms with Crippen molar-refractivity contribution in [3.05, 3.63) is 30.3 Å². The van der Waals surface area contributed by atoms with E-state index in [0.29, 0.717) is 11.0 Å². The van der Waals surface area contributed by atoms with Gasteiger partial charge in [0.25, 0.3) is 0 Å². The summed E-state index contributed by atoms with van der Waals surface area (Å²) in [5.41, 5.74) is 5.96. The van der Waals surface area contributed by atoms with E-state index in [1.165, 1.54) is 11.8 Å². The van der Waals surface area contributed by atoms with Gasteiger partial charge in [-0.3, -0.25) is 10.1 Å². The van der Waals surface area contributed by atoms with E-state index in [1.807, 2.05) is 55.8 Å². The zero-order chi connectivity index (χ0) is 17.0. The highest BCUT2D eigenvalue weighted by molar-refractivity contribution is 8.00. The molecule has 3 N–H and O–H groups in total. The minimum absolute atomic E-state index is 0.00350. The molecule has 0 bridgehead atoms. The van der Waals surface area contributed by atoms with E-state index in [-0.39, 0.29) is 5.92 Å². The summed E-state index contributed by atoms with van der Waals surface area (Å²) in [7, 11) is 1.84. The first-order valence-electron chi connectivity index (χ1n) is 7.12. The van der Waals surface area contributed by atoms with Gasteiger partial charge in [0.05, 0.1) is 5.25 Å². The fourth-order valence-electron chi connectivity index (χ4n) is 2.05. The Kier molecular flexibility index (Phi) is 5.38. The molecule has 0 radical (unpaired) electrons. The lowest BCUT2D eigenvalue weighted by Gasteiger charge is -2.18. The smallest absolute Gasteiger partial charge is 0.318 e. The van der Waals surface area contributed by atoms with Crippen molar-refractivity contribution in [3.63, 3.8) is 0 Å². The lowest BCUT2D eigenvalue weighted by Crippen LogP contribution is -2.42. The van der Waals surface area contributed by atoms with Crippen molar-refractivity contribution in [2.75, 3.05) is 0 Å². The fraction of sp³-hybridized carbons (Fsp3) is 0.333. The Morgan fingerprint density at radius 3 is 2.43 bits per heavy atom. The van der Waals surface area contributed by atoms with Crippen LogP contribution in [-0.2, 0) is 11.8 Å². The Balaban J connectivity index is 2.23. The molecular weight excluding hydrogens is 314 g/mol. The topological polar surface area (TPSA) is 103 Å². The van der Waals surface area contributed by atoms with E-state index in [0.717, 1.165) is 5.56 Å². The van der Waals surface area contributed by atoms with Crippen molar-refractivity contribution in [3.8, 4) is 11.4 Å². The summed E-state index contributed by atoms with van der Waals surface area (Å²) >= 11 is 1.26. The standard InChI is InChI=1S/C15H19N5O2S/c1-9(2)11(13(21)17-14(16)22)23-15-19-18-12(20(15)3)10-7-5-4-6-8-10/h4-9,11H,1-3H3,(H3,16,17,21,22)/t11-/m1/s1. The number of aromatic nitrogens is 3. The van der Waals surface area contributed by atoms with Crippen LogP contribution in [0.5, 0.6) is 0 Å². The van der Waals surface area contributed by atoms with Crippen LogP contribution < -0.4 is 11.1 Å². The molecule has 2 rings (SSSR count). The number of thioether (sulfide) groups is 1. The van der Waals surface area contributed by atoms with Crippen LogP contribution in [0.15, 0.2) is 35.5 Å². The number of hydrogen-bond donors (Lipinski definition) is 2. The van der Waals surface area contributed by atoms with Crippen molar-refractivity contribution >= 4 is 23.7 Å². The molecule has 7 nitrogen and oxygen atoms in total. The SMILES string of the molecule is CC(C)[C@@H](Sc1nnc(-c2ccccc2)n1C)C(=O)NC(N)=O. The third-order valence-electron chi connectivity index (χ3n) is 3.21. The zero-order valence-corrected chi connectivity index (χ0v) is 14.0. The van der Waals surface area contributed by atoms with E-state index in [9.17, 15) is 9.59 Å². The van der Waals surface area contributed by atoms with Gasteiger partial charge in [0.1, 0.15) is 0 Å². The van der Waals surface area contributed by atoms with Crippen molar-refractivity contribution < 1.29 is 9.59 Å². The van der Waals surface area contributed by atoms with Gasteiger partial charge in [0, 0.05) is 12.6 Å². The summed E-state index contributed by atoms with van der Waals surface area (Å²) < 4.78 is 1.83. The third-order valence-corrected chi connectivity index (χ3v) is 4.79. The fourth-order valence-corrected chi connectivity index (χ4v) is 3.05. The molecule has 3 amide bonds. The molecule has 1 atom stereocenters. The lowest BCUT2D eigenvalue weighted by molar-refractivity contribution is -0.120. The highest BCUT2D eigenvalue weighted by Crippen LogP contribution is 2.29. The molecule has 2 aromatic rings. The Morgan fingerprint density at radius 2 is 1.87 bits per heavy atom. The Morgan fingerprint density at radius 1 is 1.22 bits per heavy atom. The van der Waals surface area contributed by atoms with Crippen LogP contribution in [0.4, 0.5) is 4.79 Å². The van der Waals surface area contributed by atoms with Crippen molar-refractivity contribution in [1.82, 2.24) is 20.1 Å². The second kappa shape index (κ2) is 7.28. The number of primary amides is 1. The predicted octanol–water partition coefficient (Wildman–Crippen LogP) is 1.79. The van der Waals surface area contributed by atoms with Crippen LogP contribution in [0.2, 0.25) is 0 Å². The summed E-state index contributed by atoms with van der Waals surface area (Å²) in [5, 5.41) is 10.6. The Hall–Kier alpha value is -2.35. The van der Waals surface area contributed by atoms with Gasteiger partial charge in [-0.2, -0.15) is 0 Å². The van der Waals surface area contributed by atoms with Crippen LogP contribution in [-0.4, -0.2) is 32.0 Å². The van der Waals surface area contributed by atoms with Gasteiger partial charge in [-0.1, -0.05) is 55.9 Å². The number of nitrogens with two attached hydrogens (primary N) is 1. The molecular formula is C15H19N5O2S. The van der Waals surface area contributed by atoms with E-state index >= 15 is 0 Å². The second-order valence-corrected chi connectivity index (χ2v) is 6.48. The number of rotatable bonds is 5. The molecule has 1 heterocycles. The summed E-state index contributed by atoms with van der Waals surface area (Å²) in [6.45, 7) is 3.79. The molecule has 122 valence electrons. The highest BCUT2D eigenvalue weighted by Gasteiger charge is 2.27. The van der Waals surface area contributed by atoms with Crippen LogP contribution in [0, 0.1) is 5.92 Å². The molecule has 0 fully saturated rings. The number of nitrogens with one attached hydrogen (secondary N) is 1. The number of hydrogen-bond acceptors (Lipinski definition) is 5. The van der Waals surface area contributed by atoms with E-state index in [4.69, 9.17) is 5.73 Å². The van der Waals surface area contributed by atoms with Crippen LogP contribution in [0.1, 0.15) is 13.8 Å². The minimum Gasteiger partial charge on any atom is -0.351 e. The van der Waals surface area contributed by atoms with Crippen LogP contribution >= 0.6 is 11.8 Å².